The Morgan fingerprint density at radius 2 is 1.75 bits per heavy atom. The summed E-state index contributed by atoms with van der Waals surface area (Å²) >= 11 is 0. The van der Waals surface area contributed by atoms with Gasteiger partial charge in [0.05, 0.1) is 4.92 Å². The first-order valence-electron chi connectivity index (χ1n) is 4.38. The number of nitrogens with zero attached hydrogens (tertiary/aromatic N) is 3. The molecular formula is C7H7N3O8S2. The molecule has 0 saturated carbocycles. The van der Waals surface area contributed by atoms with E-state index in [1.54, 1.807) is 0 Å². The van der Waals surface area contributed by atoms with E-state index in [1.165, 1.54) is 0 Å². The first-order chi connectivity index (χ1) is 8.86. The monoisotopic (exact) mass is 325 g/mol. The van der Waals surface area contributed by atoms with Crippen molar-refractivity contribution in [2.75, 3.05) is 6.26 Å². The predicted octanol–water partition coefficient (Wildman–Crippen LogP) is 0.487. The van der Waals surface area contributed by atoms with Gasteiger partial charge in [0, 0.05) is 24.5 Å². The van der Waals surface area contributed by atoms with Gasteiger partial charge in [0.2, 0.25) is 15.8 Å². The Bertz CT molecular complexity index is 754. The normalized spacial score (nSPS) is 10.9. The van der Waals surface area contributed by atoms with Crippen molar-refractivity contribution < 1.29 is 30.9 Å². The van der Waals surface area contributed by atoms with Gasteiger partial charge in [-0.15, -0.1) is 0 Å². The lowest BCUT2D eigenvalue weighted by atomic mass is 10.3. The summed E-state index contributed by atoms with van der Waals surface area (Å²) in [5.41, 5.74) is -0.592. The third-order valence-electron chi connectivity index (χ3n) is 1.66. The summed E-state index contributed by atoms with van der Waals surface area (Å²) in [5.74, 6) is 0. The van der Waals surface area contributed by atoms with Gasteiger partial charge >= 0.3 is 5.69 Å². The molecule has 0 aliphatic heterocycles. The third-order valence-corrected chi connectivity index (χ3v) is 2.79. The van der Waals surface area contributed by atoms with Gasteiger partial charge in [-0.25, -0.2) is 16.8 Å². The highest BCUT2D eigenvalue weighted by Crippen LogP contribution is 2.28. The molecule has 1 N–H and O–H groups in total. The number of nitro benzene ring substituents is 1. The van der Waals surface area contributed by atoms with Gasteiger partial charge in [-0.05, 0) is 0 Å². The number of diazo groups is 1. The van der Waals surface area contributed by atoms with Gasteiger partial charge in [-0.1, -0.05) is 0 Å². The van der Waals surface area contributed by atoms with Gasteiger partial charge in [0.15, 0.2) is 19.7 Å². The van der Waals surface area contributed by atoms with E-state index in [9.17, 15) is 18.5 Å². The molecule has 0 radical (unpaired) electrons. The Morgan fingerprint density at radius 3 is 2.05 bits per heavy atom. The molecule has 0 saturated heterocycles. The van der Waals surface area contributed by atoms with Gasteiger partial charge in [0.1, 0.15) is 0 Å². The molecule has 0 atom stereocenters. The summed E-state index contributed by atoms with van der Waals surface area (Å²) < 4.78 is 55.2. The minimum atomic E-state index is -4.92. The molecular weight excluding hydrogens is 318 g/mol. The predicted molar refractivity (Wildman–Crippen MR) is 63.3 cm³/mol. The molecule has 1 rings (SSSR count). The first kappa shape index (κ1) is 17.9. The molecule has 0 fully saturated rings. The van der Waals surface area contributed by atoms with Crippen molar-refractivity contribution in [2.45, 2.75) is 4.90 Å². The molecule has 0 spiro atoms. The van der Waals surface area contributed by atoms with E-state index in [0.717, 1.165) is 24.5 Å². The lowest BCUT2D eigenvalue weighted by molar-refractivity contribution is -0.385. The van der Waals surface area contributed by atoms with Crippen LogP contribution in [0.15, 0.2) is 23.1 Å². The van der Waals surface area contributed by atoms with Crippen molar-refractivity contribution in [2.24, 2.45) is 0 Å². The van der Waals surface area contributed by atoms with Crippen LogP contribution < -0.4 is 0 Å². The highest BCUT2D eigenvalue weighted by molar-refractivity contribution is 7.90. The number of hydrogen-bond acceptors (Lipinski definition) is 8. The molecule has 110 valence electrons. The number of benzene rings is 1. The summed E-state index contributed by atoms with van der Waals surface area (Å²) in [4.78, 5) is 12.0. The van der Waals surface area contributed by atoms with Crippen LogP contribution in [0.1, 0.15) is 0 Å². The molecule has 0 aliphatic carbocycles. The summed E-state index contributed by atoms with van der Waals surface area (Å²) in [6.45, 7) is 0. The molecule has 0 aromatic heterocycles. The van der Waals surface area contributed by atoms with Crippen molar-refractivity contribution in [3.8, 4) is 0 Å². The summed E-state index contributed by atoms with van der Waals surface area (Å²) in [6.07, 6.45) is 0.876. The van der Waals surface area contributed by atoms with E-state index in [-0.39, 0.29) is 16.3 Å². The van der Waals surface area contributed by atoms with E-state index < -0.39 is 25.2 Å². The maximum absolute atomic E-state index is 11.2. The van der Waals surface area contributed by atoms with Gasteiger partial charge < -0.3 is 4.55 Å². The number of non-ortho nitro benzene ring substituents is 1. The average molecular weight is 325 g/mol. The van der Waals surface area contributed by atoms with Crippen LogP contribution in [0, 0.1) is 15.5 Å². The number of sulfone groups is 1. The molecule has 0 amide bonds. The van der Waals surface area contributed by atoms with E-state index in [2.05, 4.69) is 4.98 Å². The SMILES string of the molecule is CS(=O)(=O)c1cc([N+](=O)[O-])ccc1[N+]#N.O=S(=O)([O-])O. The fourth-order valence-electron chi connectivity index (χ4n) is 0.996. The molecule has 13 heteroatoms. The zero-order chi connectivity index (χ0) is 16.1. The van der Waals surface area contributed by atoms with Crippen LogP contribution in [-0.2, 0) is 20.2 Å². The van der Waals surface area contributed by atoms with E-state index >= 15 is 0 Å². The van der Waals surface area contributed by atoms with Crippen LogP contribution in [-0.4, -0.2) is 37.1 Å². The van der Waals surface area contributed by atoms with Crippen LogP contribution in [0.4, 0.5) is 11.4 Å². The van der Waals surface area contributed by atoms with Crippen LogP contribution >= 0.6 is 0 Å². The van der Waals surface area contributed by atoms with E-state index in [0.29, 0.717) is 0 Å². The molecule has 0 unspecified atom stereocenters. The Labute approximate surface area is 113 Å². The first-order valence-corrected chi connectivity index (χ1v) is 7.64. The van der Waals surface area contributed by atoms with Gasteiger partial charge in [-0.3, -0.25) is 14.7 Å². The van der Waals surface area contributed by atoms with Crippen molar-refractivity contribution in [1.82, 2.24) is 0 Å². The summed E-state index contributed by atoms with van der Waals surface area (Å²) in [6, 6.07) is 2.97. The second kappa shape index (κ2) is 6.34. The molecule has 11 nitrogen and oxygen atoms in total. The van der Waals surface area contributed by atoms with Crippen molar-refractivity contribution in [3.63, 3.8) is 0 Å². The number of rotatable bonds is 2. The second-order valence-corrected chi connectivity index (χ2v) is 6.05. The van der Waals surface area contributed by atoms with Crippen LogP contribution in [0.5, 0.6) is 0 Å². The molecule has 1 aromatic rings. The fraction of sp³-hybridized carbons (Fsp3) is 0.143. The zero-order valence-electron chi connectivity index (χ0n) is 9.70. The van der Waals surface area contributed by atoms with Crippen molar-refractivity contribution in [1.29, 1.82) is 5.39 Å². The fourth-order valence-corrected chi connectivity index (χ4v) is 1.82. The quantitative estimate of drug-likeness (QED) is 0.265. The van der Waals surface area contributed by atoms with Crippen LogP contribution in [0.2, 0.25) is 0 Å². The van der Waals surface area contributed by atoms with Gasteiger partial charge in [0.25, 0.3) is 5.69 Å². The standard InChI is InChI=1S/C7H6N3O4S.H2O4S/c1-15(13,14)7-4-5(10(11)12)2-3-6(7)9-8;1-5(2,3)4/h2-4H,1H3;(H2,1,2,3,4)/q+1;/p-1. The van der Waals surface area contributed by atoms with Crippen molar-refractivity contribution >= 4 is 31.6 Å². The Hall–Kier alpha value is -2.14. The largest absolute Gasteiger partial charge is 0.726 e. The van der Waals surface area contributed by atoms with Crippen LogP contribution in [0.3, 0.4) is 0 Å². The topological polar surface area (TPSA) is 183 Å². The third kappa shape index (κ3) is 6.70. The Morgan fingerprint density at radius 1 is 1.30 bits per heavy atom. The number of nitro groups is 1. The highest BCUT2D eigenvalue weighted by Gasteiger charge is 2.25. The molecule has 1 aromatic carbocycles. The summed E-state index contributed by atoms with van der Waals surface area (Å²) in [7, 11) is -8.58. The molecule has 20 heavy (non-hydrogen) atoms. The Balaban J connectivity index is 0.000000621. The summed E-state index contributed by atoms with van der Waals surface area (Å²) in [5, 5.41) is 18.9. The Kier molecular flexibility index (Phi) is 5.66. The van der Waals surface area contributed by atoms with Crippen molar-refractivity contribution in [3.05, 3.63) is 33.3 Å². The second-order valence-electron chi connectivity index (χ2n) is 3.21. The molecule has 0 aliphatic rings. The van der Waals surface area contributed by atoms with E-state index in [4.69, 9.17) is 22.9 Å². The lowest BCUT2D eigenvalue weighted by Crippen LogP contribution is -1.98. The minimum absolute atomic E-state index is 0.219. The number of hydrogen-bond donors (Lipinski definition) is 1. The van der Waals surface area contributed by atoms with E-state index in [1.807, 2.05) is 0 Å². The molecule has 0 bridgehead atoms. The maximum atomic E-state index is 11.2. The lowest BCUT2D eigenvalue weighted by Gasteiger charge is -1.94. The van der Waals surface area contributed by atoms with Gasteiger partial charge in [-0.2, -0.15) is 0 Å². The molecule has 0 heterocycles. The minimum Gasteiger partial charge on any atom is -0.726 e. The zero-order valence-corrected chi connectivity index (χ0v) is 11.3. The maximum Gasteiger partial charge on any atom is 0.404 e. The van der Waals surface area contributed by atoms with Crippen LogP contribution in [0.25, 0.3) is 4.98 Å². The average Bonchev–Trinajstić information content (AvgIpc) is 2.24. The smallest absolute Gasteiger partial charge is 0.404 e. The highest BCUT2D eigenvalue weighted by atomic mass is 32.3.